The normalized spacial score (nSPS) is 18.1. The van der Waals surface area contributed by atoms with Gasteiger partial charge in [0.25, 0.3) is 5.91 Å². The number of sulfonamides is 1. The fourth-order valence-electron chi connectivity index (χ4n) is 3.08. The van der Waals surface area contributed by atoms with Crippen LogP contribution in [0.2, 0.25) is 0 Å². The lowest BCUT2D eigenvalue weighted by molar-refractivity contribution is -0.205. The Balaban J connectivity index is 2.45. The van der Waals surface area contributed by atoms with Crippen LogP contribution in [0, 0.1) is 11.6 Å². The van der Waals surface area contributed by atoms with Gasteiger partial charge in [0, 0.05) is 16.7 Å². The molecule has 11 nitrogen and oxygen atoms in total. The van der Waals surface area contributed by atoms with Gasteiger partial charge in [-0.1, -0.05) is 6.92 Å². The molecule has 35 heavy (non-hydrogen) atoms. The standard InChI is InChI=1S/C19H25F2N3O8S3/c1-8(33)3-13(25)14(26)16(28)19(30,15(27)9-4-10(20)6-11(21)5-9)23-17(29)12-7-34-18(22-12)24-35(2,31)32/h4-8,13-16,25-28,30,33H,3H2,1-2H3,(H,22,24)(H,23,29). The SMILES string of the molecule is CC(S)CC(O)C(O)C(O)C(O)(NC(=O)c1csc(NS(C)(=O)=O)n1)C(O)c1cc(F)cc(F)c1. The zero-order valence-electron chi connectivity index (χ0n) is 18.3. The largest absolute Gasteiger partial charge is 0.390 e. The summed E-state index contributed by atoms with van der Waals surface area (Å²) in [5.41, 5.74) is -4.30. The van der Waals surface area contributed by atoms with Crippen molar-refractivity contribution in [1.82, 2.24) is 10.3 Å². The first-order chi connectivity index (χ1) is 16.0. The Kier molecular flexibility index (Phi) is 9.57. The van der Waals surface area contributed by atoms with Crippen LogP contribution in [-0.4, -0.2) is 80.4 Å². The fourth-order valence-corrected chi connectivity index (χ4v) is 4.84. The third-order valence-corrected chi connectivity index (χ3v) is 6.35. The van der Waals surface area contributed by atoms with E-state index in [2.05, 4.69) is 17.6 Å². The molecule has 0 radical (unpaired) electrons. The van der Waals surface area contributed by atoms with Crippen LogP contribution in [0.4, 0.5) is 13.9 Å². The van der Waals surface area contributed by atoms with Crippen molar-refractivity contribution in [3.8, 4) is 0 Å². The van der Waals surface area contributed by atoms with Crippen LogP contribution in [0.5, 0.6) is 0 Å². The highest BCUT2D eigenvalue weighted by molar-refractivity contribution is 7.92. The first-order valence-corrected chi connectivity index (χ1v) is 13.2. The predicted octanol–water partition coefficient (Wildman–Crippen LogP) is -0.264. The Hall–Kier alpha value is -1.92. The van der Waals surface area contributed by atoms with Gasteiger partial charge in [-0.25, -0.2) is 22.2 Å². The number of hydrogen-bond acceptors (Lipinski definition) is 11. The molecule has 0 saturated carbocycles. The molecule has 1 amide bonds. The number of nitrogens with zero attached hydrogens (tertiary/aromatic N) is 1. The topological polar surface area (TPSA) is 189 Å². The summed E-state index contributed by atoms with van der Waals surface area (Å²) in [5, 5.41) is 55.4. The van der Waals surface area contributed by atoms with Crippen molar-refractivity contribution in [2.24, 2.45) is 0 Å². The van der Waals surface area contributed by atoms with E-state index >= 15 is 0 Å². The van der Waals surface area contributed by atoms with Crippen molar-refractivity contribution in [2.45, 2.75) is 48.7 Å². The molecule has 0 aliphatic heterocycles. The summed E-state index contributed by atoms with van der Waals surface area (Å²) < 4.78 is 52.2. The summed E-state index contributed by atoms with van der Waals surface area (Å²) in [5.74, 6) is -3.56. The van der Waals surface area contributed by atoms with E-state index in [1.807, 2.05) is 10.0 Å². The van der Waals surface area contributed by atoms with Crippen LogP contribution in [0.1, 0.15) is 35.5 Å². The highest BCUT2D eigenvalue weighted by atomic mass is 32.2. The minimum atomic E-state index is -3.73. The van der Waals surface area contributed by atoms with Crippen LogP contribution < -0.4 is 10.0 Å². The second-order valence-corrected chi connectivity index (χ2v) is 11.4. The maximum Gasteiger partial charge on any atom is 0.273 e. The number of thiazole rings is 1. The number of halogens is 2. The summed E-state index contributed by atoms with van der Waals surface area (Å²) in [6.45, 7) is 1.56. The lowest BCUT2D eigenvalue weighted by atomic mass is 9.87. The fraction of sp³-hybridized carbons (Fsp3) is 0.474. The number of rotatable bonds is 11. The van der Waals surface area contributed by atoms with Crippen molar-refractivity contribution in [3.63, 3.8) is 0 Å². The quantitative estimate of drug-likeness (QED) is 0.136. The van der Waals surface area contributed by atoms with Crippen molar-refractivity contribution in [1.29, 1.82) is 0 Å². The molecular formula is C19H25F2N3O8S3. The van der Waals surface area contributed by atoms with Gasteiger partial charge in [0.1, 0.15) is 35.6 Å². The molecule has 2 aromatic rings. The molecule has 1 heterocycles. The first-order valence-electron chi connectivity index (χ1n) is 9.88. The van der Waals surface area contributed by atoms with Gasteiger partial charge in [-0.2, -0.15) is 12.6 Å². The Labute approximate surface area is 208 Å². The van der Waals surface area contributed by atoms with Crippen LogP contribution in [-0.2, 0) is 10.0 Å². The van der Waals surface area contributed by atoms with Gasteiger partial charge in [-0.05, 0) is 24.1 Å². The number of aliphatic hydroxyl groups excluding tert-OH is 4. The average molecular weight is 558 g/mol. The van der Waals surface area contributed by atoms with Gasteiger partial charge in [-0.15, -0.1) is 11.3 Å². The number of anilines is 1. The van der Waals surface area contributed by atoms with E-state index in [1.54, 1.807) is 6.92 Å². The Bertz CT molecular complexity index is 1130. The van der Waals surface area contributed by atoms with E-state index in [0.29, 0.717) is 29.5 Å². The van der Waals surface area contributed by atoms with Gasteiger partial charge in [0.2, 0.25) is 10.0 Å². The summed E-state index contributed by atoms with van der Waals surface area (Å²) in [6, 6.07) is 1.71. The molecule has 7 N–H and O–H groups in total. The highest BCUT2D eigenvalue weighted by Gasteiger charge is 2.50. The van der Waals surface area contributed by atoms with Gasteiger partial charge in [-0.3, -0.25) is 9.52 Å². The Morgan fingerprint density at radius 2 is 1.77 bits per heavy atom. The van der Waals surface area contributed by atoms with E-state index in [1.165, 1.54) is 0 Å². The number of carbonyl (C=O) groups excluding carboxylic acids is 1. The van der Waals surface area contributed by atoms with Crippen molar-refractivity contribution in [2.75, 3.05) is 11.0 Å². The molecule has 6 unspecified atom stereocenters. The maximum absolute atomic E-state index is 13.7. The van der Waals surface area contributed by atoms with Crippen molar-refractivity contribution >= 4 is 45.0 Å². The third-order valence-electron chi connectivity index (χ3n) is 4.69. The average Bonchev–Trinajstić information content (AvgIpc) is 3.17. The number of carbonyl (C=O) groups is 1. The summed E-state index contributed by atoms with van der Waals surface area (Å²) >= 11 is 4.75. The predicted molar refractivity (Wildman–Crippen MR) is 125 cm³/mol. The summed E-state index contributed by atoms with van der Waals surface area (Å²) in [7, 11) is -3.73. The van der Waals surface area contributed by atoms with Crippen molar-refractivity contribution in [3.05, 3.63) is 46.5 Å². The molecule has 1 aromatic carbocycles. The van der Waals surface area contributed by atoms with E-state index < -0.39 is 74.2 Å². The van der Waals surface area contributed by atoms with Gasteiger partial charge >= 0.3 is 0 Å². The molecule has 16 heteroatoms. The van der Waals surface area contributed by atoms with Crippen LogP contribution in [0.3, 0.4) is 0 Å². The molecule has 1 aromatic heterocycles. The number of aromatic nitrogens is 1. The second kappa shape index (κ2) is 11.4. The minimum absolute atomic E-state index is 0.178. The van der Waals surface area contributed by atoms with Gasteiger partial charge in [0.15, 0.2) is 10.9 Å². The monoisotopic (exact) mass is 557 g/mol. The Morgan fingerprint density at radius 1 is 1.20 bits per heavy atom. The second-order valence-electron chi connectivity index (χ2n) is 7.88. The molecule has 0 spiro atoms. The van der Waals surface area contributed by atoms with Crippen LogP contribution in [0.15, 0.2) is 23.6 Å². The number of amides is 1. The molecule has 0 saturated heterocycles. The number of aliphatic hydroxyl groups is 5. The summed E-state index contributed by atoms with van der Waals surface area (Å²) in [4.78, 5) is 16.5. The van der Waals surface area contributed by atoms with Gasteiger partial charge in [0.05, 0.1) is 12.4 Å². The molecule has 0 aliphatic carbocycles. The molecule has 2 rings (SSSR count). The lowest BCUT2D eigenvalue weighted by Gasteiger charge is -2.40. The van der Waals surface area contributed by atoms with Crippen LogP contribution >= 0.6 is 24.0 Å². The first kappa shape index (κ1) is 29.3. The van der Waals surface area contributed by atoms with E-state index in [0.717, 1.165) is 11.6 Å². The zero-order chi connectivity index (χ0) is 26.7. The number of thiol groups is 1. The van der Waals surface area contributed by atoms with Crippen molar-refractivity contribution < 1.29 is 47.5 Å². The smallest absolute Gasteiger partial charge is 0.273 e. The number of hydrogen-bond donors (Lipinski definition) is 8. The van der Waals surface area contributed by atoms with E-state index in [-0.39, 0.29) is 11.6 Å². The molecule has 0 fully saturated rings. The molecule has 6 atom stereocenters. The lowest BCUT2D eigenvalue weighted by Crippen LogP contribution is -2.65. The molecule has 0 bridgehead atoms. The van der Waals surface area contributed by atoms with E-state index in [9.17, 15) is 47.5 Å². The number of benzene rings is 1. The van der Waals surface area contributed by atoms with Gasteiger partial charge < -0.3 is 30.8 Å². The molecular weight excluding hydrogens is 532 g/mol. The maximum atomic E-state index is 13.7. The number of nitrogens with one attached hydrogen (secondary N) is 2. The third kappa shape index (κ3) is 7.78. The Morgan fingerprint density at radius 3 is 2.29 bits per heavy atom. The minimum Gasteiger partial charge on any atom is -0.390 e. The molecule has 196 valence electrons. The summed E-state index contributed by atoms with van der Waals surface area (Å²) in [6.07, 6.45) is -8.11. The van der Waals surface area contributed by atoms with Crippen LogP contribution in [0.25, 0.3) is 0 Å². The highest BCUT2D eigenvalue weighted by Crippen LogP contribution is 2.31. The van der Waals surface area contributed by atoms with E-state index in [4.69, 9.17) is 0 Å². The zero-order valence-corrected chi connectivity index (χ0v) is 20.9. The molecule has 0 aliphatic rings.